The summed E-state index contributed by atoms with van der Waals surface area (Å²) in [5.41, 5.74) is 0. The van der Waals surface area contributed by atoms with Gasteiger partial charge in [-0.05, 0) is 19.8 Å². The van der Waals surface area contributed by atoms with Gasteiger partial charge in [0, 0.05) is 25.0 Å². The van der Waals surface area contributed by atoms with Gasteiger partial charge in [-0.2, -0.15) is 0 Å². The van der Waals surface area contributed by atoms with Crippen LogP contribution in [0.5, 0.6) is 0 Å². The van der Waals surface area contributed by atoms with Crippen molar-refractivity contribution in [2.24, 2.45) is 5.92 Å². The molecule has 2 rings (SSSR count). The zero-order valence-corrected chi connectivity index (χ0v) is 9.48. The van der Waals surface area contributed by atoms with Crippen molar-refractivity contribution in [1.82, 2.24) is 10.2 Å². The fourth-order valence-corrected chi connectivity index (χ4v) is 2.42. The molecule has 0 aromatic carbocycles. The molecule has 0 aromatic heterocycles. The maximum atomic E-state index is 12.1. The van der Waals surface area contributed by atoms with Gasteiger partial charge >= 0.3 is 5.97 Å². The average Bonchev–Trinajstić information content (AvgIpc) is 2.13. The molecule has 2 N–H and O–H groups in total. The first-order valence-corrected chi connectivity index (χ1v) is 5.88. The van der Waals surface area contributed by atoms with E-state index in [-0.39, 0.29) is 17.9 Å². The molecular weight excluding hydrogens is 208 g/mol. The standard InChI is InChI=1S/C11H18N2O3/c1-7-9(11(15)16)13(6-5-12-7)10(14)8-3-2-4-8/h7-9,12H,2-6H2,1H3,(H,15,16). The van der Waals surface area contributed by atoms with Gasteiger partial charge in [0.25, 0.3) is 0 Å². The van der Waals surface area contributed by atoms with Crippen molar-refractivity contribution < 1.29 is 14.7 Å². The number of amides is 1. The Morgan fingerprint density at radius 1 is 1.38 bits per heavy atom. The van der Waals surface area contributed by atoms with E-state index in [9.17, 15) is 9.59 Å². The molecule has 1 aliphatic heterocycles. The Morgan fingerprint density at radius 2 is 2.06 bits per heavy atom. The van der Waals surface area contributed by atoms with Gasteiger partial charge in [-0.15, -0.1) is 0 Å². The molecule has 1 saturated heterocycles. The second-order valence-electron chi connectivity index (χ2n) is 4.69. The van der Waals surface area contributed by atoms with Crippen LogP contribution in [0.15, 0.2) is 0 Å². The quantitative estimate of drug-likeness (QED) is 0.698. The van der Waals surface area contributed by atoms with Gasteiger partial charge < -0.3 is 15.3 Å². The molecule has 1 heterocycles. The molecule has 5 heteroatoms. The van der Waals surface area contributed by atoms with E-state index < -0.39 is 12.0 Å². The van der Waals surface area contributed by atoms with Gasteiger partial charge in [-0.25, -0.2) is 4.79 Å². The molecule has 0 aromatic rings. The lowest BCUT2D eigenvalue weighted by atomic mass is 9.83. The van der Waals surface area contributed by atoms with Crippen molar-refractivity contribution >= 4 is 11.9 Å². The Balaban J connectivity index is 2.09. The van der Waals surface area contributed by atoms with Crippen molar-refractivity contribution in [3.05, 3.63) is 0 Å². The smallest absolute Gasteiger partial charge is 0.328 e. The van der Waals surface area contributed by atoms with Crippen LogP contribution in [0.1, 0.15) is 26.2 Å². The Hall–Kier alpha value is -1.10. The summed E-state index contributed by atoms with van der Waals surface area (Å²) in [6.45, 7) is 3.01. The topological polar surface area (TPSA) is 69.6 Å². The number of hydrogen-bond donors (Lipinski definition) is 2. The van der Waals surface area contributed by atoms with E-state index >= 15 is 0 Å². The number of hydrogen-bond acceptors (Lipinski definition) is 3. The molecule has 1 saturated carbocycles. The average molecular weight is 226 g/mol. The summed E-state index contributed by atoms with van der Waals surface area (Å²) in [6.07, 6.45) is 2.93. The van der Waals surface area contributed by atoms with Crippen molar-refractivity contribution in [3.63, 3.8) is 0 Å². The summed E-state index contributed by atoms with van der Waals surface area (Å²) in [5, 5.41) is 12.3. The van der Waals surface area contributed by atoms with Gasteiger partial charge in [0.15, 0.2) is 0 Å². The van der Waals surface area contributed by atoms with Crippen molar-refractivity contribution in [3.8, 4) is 0 Å². The second kappa shape index (κ2) is 4.41. The summed E-state index contributed by atoms with van der Waals surface area (Å²) in [5.74, 6) is -0.800. The molecule has 90 valence electrons. The highest BCUT2D eigenvalue weighted by atomic mass is 16.4. The fraction of sp³-hybridized carbons (Fsp3) is 0.818. The highest BCUT2D eigenvalue weighted by Gasteiger charge is 2.40. The maximum Gasteiger partial charge on any atom is 0.328 e. The van der Waals surface area contributed by atoms with Crippen molar-refractivity contribution in [2.75, 3.05) is 13.1 Å². The molecule has 2 fully saturated rings. The molecule has 0 bridgehead atoms. The Morgan fingerprint density at radius 3 is 2.56 bits per heavy atom. The molecule has 0 spiro atoms. The zero-order valence-electron chi connectivity index (χ0n) is 9.48. The summed E-state index contributed by atoms with van der Waals surface area (Å²) in [7, 11) is 0. The number of carbonyl (C=O) groups excluding carboxylic acids is 1. The van der Waals surface area contributed by atoms with Crippen LogP contribution >= 0.6 is 0 Å². The maximum absolute atomic E-state index is 12.1. The number of piperazine rings is 1. The third-order valence-corrected chi connectivity index (χ3v) is 3.62. The number of nitrogens with one attached hydrogen (secondary N) is 1. The van der Waals surface area contributed by atoms with Gasteiger partial charge in [0.2, 0.25) is 5.91 Å². The molecule has 1 amide bonds. The first kappa shape index (κ1) is 11.4. The highest BCUT2D eigenvalue weighted by molar-refractivity contribution is 5.86. The predicted molar refractivity (Wildman–Crippen MR) is 57.9 cm³/mol. The largest absolute Gasteiger partial charge is 0.480 e. The van der Waals surface area contributed by atoms with E-state index in [0.29, 0.717) is 13.1 Å². The molecule has 16 heavy (non-hydrogen) atoms. The summed E-state index contributed by atoms with van der Waals surface area (Å²) in [6, 6.07) is -0.878. The number of carboxylic acids is 1. The third kappa shape index (κ3) is 1.91. The molecule has 2 unspecified atom stereocenters. The summed E-state index contributed by atoms with van der Waals surface area (Å²) < 4.78 is 0. The van der Waals surface area contributed by atoms with E-state index in [1.54, 1.807) is 4.90 Å². The van der Waals surface area contributed by atoms with Gasteiger partial charge in [0.05, 0.1) is 0 Å². The Labute approximate surface area is 94.8 Å². The van der Waals surface area contributed by atoms with Crippen LogP contribution < -0.4 is 5.32 Å². The SMILES string of the molecule is CC1NCCN(C(=O)C2CCC2)C1C(=O)O. The molecule has 5 nitrogen and oxygen atoms in total. The fourth-order valence-electron chi connectivity index (χ4n) is 2.42. The van der Waals surface area contributed by atoms with Crippen LogP contribution in [0.25, 0.3) is 0 Å². The summed E-state index contributed by atoms with van der Waals surface area (Å²) >= 11 is 0. The minimum Gasteiger partial charge on any atom is -0.480 e. The molecule has 2 atom stereocenters. The first-order valence-electron chi connectivity index (χ1n) is 5.88. The van der Waals surface area contributed by atoms with Gasteiger partial charge in [-0.3, -0.25) is 4.79 Å². The lowest BCUT2D eigenvalue weighted by Gasteiger charge is -2.41. The number of carboxylic acid groups (broad SMARTS) is 1. The molecular formula is C11H18N2O3. The van der Waals surface area contributed by atoms with Gasteiger partial charge in [0.1, 0.15) is 6.04 Å². The van der Waals surface area contributed by atoms with E-state index in [0.717, 1.165) is 19.3 Å². The minimum absolute atomic E-state index is 0.0343. The van der Waals surface area contributed by atoms with Crippen LogP contribution in [0.3, 0.4) is 0 Å². The predicted octanol–water partition coefficient (Wildman–Crippen LogP) is 0.0600. The Kier molecular flexibility index (Phi) is 3.14. The molecule has 2 aliphatic rings. The van der Waals surface area contributed by atoms with Crippen LogP contribution in [-0.4, -0.2) is 47.1 Å². The molecule has 0 radical (unpaired) electrons. The van der Waals surface area contributed by atoms with E-state index in [4.69, 9.17) is 5.11 Å². The monoisotopic (exact) mass is 226 g/mol. The van der Waals surface area contributed by atoms with Crippen LogP contribution in [0.4, 0.5) is 0 Å². The first-order chi connectivity index (χ1) is 7.61. The lowest BCUT2D eigenvalue weighted by Crippen LogP contribution is -2.62. The second-order valence-corrected chi connectivity index (χ2v) is 4.69. The van der Waals surface area contributed by atoms with Crippen molar-refractivity contribution in [2.45, 2.75) is 38.3 Å². The summed E-state index contributed by atoms with van der Waals surface area (Å²) in [4.78, 5) is 24.8. The van der Waals surface area contributed by atoms with Gasteiger partial charge in [-0.1, -0.05) is 6.42 Å². The Bertz CT molecular complexity index is 302. The third-order valence-electron chi connectivity index (χ3n) is 3.62. The van der Waals surface area contributed by atoms with Crippen LogP contribution in [-0.2, 0) is 9.59 Å². The zero-order chi connectivity index (χ0) is 11.7. The van der Waals surface area contributed by atoms with E-state index in [2.05, 4.69) is 5.32 Å². The number of aliphatic carboxylic acids is 1. The number of nitrogens with zero attached hydrogens (tertiary/aromatic N) is 1. The van der Waals surface area contributed by atoms with E-state index in [1.807, 2.05) is 6.92 Å². The van der Waals surface area contributed by atoms with E-state index in [1.165, 1.54) is 0 Å². The number of rotatable bonds is 2. The van der Waals surface area contributed by atoms with Crippen molar-refractivity contribution in [1.29, 1.82) is 0 Å². The molecule has 1 aliphatic carbocycles. The van der Waals surface area contributed by atoms with Crippen LogP contribution in [0, 0.1) is 5.92 Å². The normalized spacial score (nSPS) is 30.9. The lowest BCUT2D eigenvalue weighted by molar-refractivity contribution is -0.156. The minimum atomic E-state index is -0.910. The number of carbonyl (C=O) groups is 2. The highest BCUT2D eigenvalue weighted by Crippen LogP contribution is 2.29. The van der Waals surface area contributed by atoms with Crippen LogP contribution in [0.2, 0.25) is 0 Å².